The molecule has 6 nitrogen and oxygen atoms in total. The number of aromatic nitrogens is 2. The van der Waals surface area contributed by atoms with Gasteiger partial charge in [-0.3, -0.25) is 19.7 Å². The number of benzene rings is 1. The van der Waals surface area contributed by atoms with Gasteiger partial charge in [-0.05, 0) is 67.3 Å². The molecule has 2 aromatic heterocycles. The summed E-state index contributed by atoms with van der Waals surface area (Å²) in [5, 5.41) is 3.21. The number of carbonyl (C=O) groups is 1. The van der Waals surface area contributed by atoms with Crippen molar-refractivity contribution in [3.05, 3.63) is 90.0 Å². The number of hydrogen-bond donors (Lipinski definition) is 1. The van der Waals surface area contributed by atoms with E-state index in [4.69, 9.17) is 4.74 Å². The van der Waals surface area contributed by atoms with Gasteiger partial charge in [0.05, 0.1) is 18.8 Å². The fourth-order valence-electron chi connectivity index (χ4n) is 4.24. The van der Waals surface area contributed by atoms with Crippen LogP contribution in [0.25, 0.3) is 0 Å². The van der Waals surface area contributed by atoms with Crippen LogP contribution in [0.1, 0.15) is 40.6 Å². The van der Waals surface area contributed by atoms with E-state index in [0.717, 1.165) is 43.9 Å². The molecule has 3 heterocycles. The van der Waals surface area contributed by atoms with Gasteiger partial charge >= 0.3 is 0 Å². The molecule has 31 heavy (non-hydrogen) atoms. The summed E-state index contributed by atoms with van der Waals surface area (Å²) >= 11 is 0. The maximum Gasteiger partial charge on any atom is 0.270 e. The molecule has 1 N–H and O–H groups in total. The Labute approximate surface area is 183 Å². The first-order valence-electron chi connectivity index (χ1n) is 10.7. The van der Waals surface area contributed by atoms with Crippen molar-refractivity contribution < 1.29 is 9.53 Å². The molecule has 6 heteroatoms. The van der Waals surface area contributed by atoms with Crippen LogP contribution in [0.3, 0.4) is 0 Å². The number of amides is 1. The van der Waals surface area contributed by atoms with Gasteiger partial charge in [-0.1, -0.05) is 24.3 Å². The highest BCUT2D eigenvalue weighted by atomic mass is 16.5. The van der Waals surface area contributed by atoms with Gasteiger partial charge in [0.25, 0.3) is 5.91 Å². The van der Waals surface area contributed by atoms with Crippen LogP contribution in [-0.4, -0.2) is 41.0 Å². The van der Waals surface area contributed by atoms with Gasteiger partial charge < -0.3 is 10.1 Å². The molecule has 0 bridgehead atoms. The minimum Gasteiger partial charge on any atom is -0.497 e. The van der Waals surface area contributed by atoms with Gasteiger partial charge in [0.1, 0.15) is 11.4 Å². The molecule has 0 aliphatic carbocycles. The lowest BCUT2D eigenvalue weighted by atomic mass is 9.88. The molecule has 1 aliphatic rings. The van der Waals surface area contributed by atoms with Gasteiger partial charge in [0, 0.05) is 25.5 Å². The van der Waals surface area contributed by atoms with E-state index in [-0.39, 0.29) is 17.9 Å². The first-order chi connectivity index (χ1) is 15.2. The molecule has 1 aromatic carbocycles. The summed E-state index contributed by atoms with van der Waals surface area (Å²) in [6.07, 6.45) is 5.54. The lowest BCUT2D eigenvalue weighted by Crippen LogP contribution is -2.43. The number of nitrogens with zero attached hydrogens (tertiary/aromatic N) is 3. The molecule has 0 saturated carbocycles. The molecule has 160 valence electrons. The lowest BCUT2D eigenvalue weighted by Gasteiger charge is -2.37. The van der Waals surface area contributed by atoms with E-state index >= 15 is 0 Å². The average molecular weight is 417 g/mol. The maximum absolute atomic E-state index is 12.9. The van der Waals surface area contributed by atoms with E-state index in [1.807, 2.05) is 42.5 Å². The number of piperidine rings is 1. The average Bonchev–Trinajstić information content (AvgIpc) is 2.84. The van der Waals surface area contributed by atoms with Gasteiger partial charge in [-0.2, -0.15) is 0 Å². The topological polar surface area (TPSA) is 67.3 Å². The van der Waals surface area contributed by atoms with Crippen molar-refractivity contribution in [1.29, 1.82) is 0 Å². The minimum atomic E-state index is -0.166. The number of methoxy groups -OCH3 is 1. The van der Waals surface area contributed by atoms with Crippen LogP contribution in [-0.2, 0) is 6.54 Å². The molecule has 2 atom stereocenters. The largest absolute Gasteiger partial charge is 0.497 e. The highest BCUT2D eigenvalue weighted by Gasteiger charge is 2.31. The van der Waals surface area contributed by atoms with Crippen LogP contribution in [0.4, 0.5) is 0 Å². The van der Waals surface area contributed by atoms with Crippen LogP contribution in [0.2, 0.25) is 0 Å². The molecule has 3 aromatic rings. The Morgan fingerprint density at radius 2 is 1.97 bits per heavy atom. The second-order valence-electron chi connectivity index (χ2n) is 7.91. The Morgan fingerprint density at radius 1 is 1.13 bits per heavy atom. The third-order valence-electron chi connectivity index (χ3n) is 5.74. The number of ether oxygens (including phenoxy) is 1. The molecule has 1 aliphatic heterocycles. The third-order valence-corrected chi connectivity index (χ3v) is 5.74. The predicted octanol–water partition coefficient (Wildman–Crippen LogP) is 3.87. The fraction of sp³-hybridized carbons (Fsp3) is 0.320. The third kappa shape index (κ3) is 5.47. The van der Waals surface area contributed by atoms with Gasteiger partial charge in [0.2, 0.25) is 0 Å². The summed E-state index contributed by atoms with van der Waals surface area (Å²) in [6, 6.07) is 19.3. The number of likely N-dealkylation sites (tertiary alicyclic amines) is 1. The van der Waals surface area contributed by atoms with Crippen molar-refractivity contribution in [2.24, 2.45) is 5.92 Å². The van der Waals surface area contributed by atoms with Crippen LogP contribution < -0.4 is 10.1 Å². The summed E-state index contributed by atoms with van der Waals surface area (Å²) in [5.74, 6) is 0.975. The summed E-state index contributed by atoms with van der Waals surface area (Å²) < 4.78 is 5.37. The number of carbonyl (C=O) groups excluding carboxylic acids is 1. The molecular weight excluding hydrogens is 388 g/mol. The molecule has 0 spiro atoms. The summed E-state index contributed by atoms with van der Waals surface area (Å²) in [4.78, 5) is 24.1. The molecule has 0 unspecified atom stereocenters. The summed E-state index contributed by atoms with van der Waals surface area (Å²) in [7, 11) is 1.69. The zero-order valence-corrected chi connectivity index (χ0v) is 17.8. The van der Waals surface area contributed by atoms with Crippen LogP contribution >= 0.6 is 0 Å². The van der Waals surface area contributed by atoms with E-state index in [1.165, 1.54) is 5.56 Å². The van der Waals surface area contributed by atoms with Crippen molar-refractivity contribution in [2.45, 2.75) is 25.4 Å². The Balaban J connectivity index is 1.51. The molecule has 4 rings (SSSR count). The highest BCUT2D eigenvalue weighted by Crippen LogP contribution is 2.30. The second-order valence-corrected chi connectivity index (χ2v) is 7.91. The highest BCUT2D eigenvalue weighted by molar-refractivity contribution is 5.92. The zero-order chi connectivity index (χ0) is 21.5. The number of pyridine rings is 2. The van der Waals surface area contributed by atoms with Crippen molar-refractivity contribution in [1.82, 2.24) is 20.2 Å². The Hall–Kier alpha value is -3.25. The number of hydrogen-bond acceptors (Lipinski definition) is 5. The van der Waals surface area contributed by atoms with Crippen LogP contribution in [0.5, 0.6) is 5.75 Å². The number of nitrogens with one attached hydrogen (secondary N) is 1. The van der Waals surface area contributed by atoms with Gasteiger partial charge in [-0.15, -0.1) is 0 Å². The first kappa shape index (κ1) is 21.0. The van der Waals surface area contributed by atoms with Gasteiger partial charge in [0.15, 0.2) is 0 Å². The Morgan fingerprint density at radius 3 is 2.71 bits per heavy atom. The smallest absolute Gasteiger partial charge is 0.270 e. The molecular formula is C25H28N4O2. The standard InChI is InChI=1S/C25H28N4O2/c1-31-21-10-6-8-19(16-21)17-29-15-7-9-20(18-29)24(22-11-2-4-13-26-22)28-25(30)23-12-3-5-14-27-23/h2-6,8,10-14,16,20,24H,7,9,15,17-18H2,1H3,(H,28,30)/t20-,24-/m1/s1. The molecule has 0 radical (unpaired) electrons. The summed E-state index contributed by atoms with van der Waals surface area (Å²) in [5.41, 5.74) is 2.54. The monoisotopic (exact) mass is 416 g/mol. The minimum absolute atomic E-state index is 0.163. The SMILES string of the molecule is COc1cccc(CN2CCC[C@@H]([C@@H](NC(=O)c3ccccn3)c3ccccn3)C2)c1. The maximum atomic E-state index is 12.9. The van der Waals surface area contributed by atoms with Gasteiger partial charge in [-0.25, -0.2) is 0 Å². The fourth-order valence-corrected chi connectivity index (χ4v) is 4.24. The number of rotatable bonds is 7. The predicted molar refractivity (Wildman–Crippen MR) is 120 cm³/mol. The van der Waals surface area contributed by atoms with Crippen molar-refractivity contribution in [2.75, 3.05) is 20.2 Å². The molecule has 1 amide bonds. The molecule has 1 fully saturated rings. The van der Waals surface area contributed by atoms with Crippen molar-refractivity contribution >= 4 is 5.91 Å². The summed E-state index contributed by atoms with van der Waals surface area (Å²) in [6.45, 7) is 2.79. The zero-order valence-electron chi connectivity index (χ0n) is 17.8. The van der Waals surface area contributed by atoms with E-state index in [1.54, 1.807) is 25.6 Å². The normalized spacial score (nSPS) is 17.6. The first-order valence-corrected chi connectivity index (χ1v) is 10.7. The van der Waals surface area contributed by atoms with Crippen molar-refractivity contribution in [3.63, 3.8) is 0 Å². The molecule has 1 saturated heterocycles. The Bertz CT molecular complexity index is 981. The van der Waals surface area contributed by atoms with E-state index < -0.39 is 0 Å². The van der Waals surface area contributed by atoms with Crippen LogP contribution in [0.15, 0.2) is 73.1 Å². The van der Waals surface area contributed by atoms with E-state index in [2.05, 4.69) is 32.3 Å². The van der Waals surface area contributed by atoms with E-state index in [0.29, 0.717) is 5.69 Å². The quantitative estimate of drug-likeness (QED) is 0.633. The second kappa shape index (κ2) is 10.2. The van der Waals surface area contributed by atoms with Crippen LogP contribution in [0, 0.1) is 5.92 Å². The van der Waals surface area contributed by atoms with Crippen molar-refractivity contribution in [3.8, 4) is 5.75 Å². The lowest BCUT2D eigenvalue weighted by molar-refractivity contribution is 0.0870. The van der Waals surface area contributed by atoms with E-state index in [9.17, 15) is 4.79 Å². The Kier molecular flexibility index (Phi) is 6.89.